The summed E-state index contributed by atoms with van der Waals surface area (Å²) in [7, 11) is 0. The van der Waals surface area contributed by atoms with Crippen LogP contribution in [0.25, 0.3) is 21.7 Å². The second-order valence-electron chi connectivity index (χ2n) is 6.67. The summed E-state index contributed by atoms with van der Waals surface area (Å²) in [4.78, 5) is 34.9. The van der Waals surface area contributed by atoms with Crippen molar-refractivity contribution >= 4 is 29.2 Å². The van der Waals surface area contributed by atoms with Gasteiger partial charge in [0.15, 0.2) is 5.69 Å². The molecule has 8 nitrogen and oxygen atoms in total. The largest absolute Gasteiger partial charge is 0.478 e. The molecule has 3 aromatic heterocycles. The first-order chi connectivity index (χ1) is 14.5. The Hall–Kier alpha value is -3.54. The highest BCUT2D eigenvalue weighted by Crippen LogP contribution is 2.38. The van der Waals surface area contributed by atoms with Gasteiger partial charge in [0.1, 0.15) is 10.8 Å². The fourth-order valence-electron chi connectivity index (χ4n) is 2.58. The number of anilines is 1. The van der Waals surface area contributed by atoms with Gasteiger partial charge >= 0.3 is 18.2 Å². The number of hydrogen-bond donors (Lipinski definition) is 3. The Kier molecular flexibility index (Phi) is 6.20. The molecule has 0 aliphatic heterocycles. The molecule has 3 N–H and O–H groups in total. The lowest BCUT2D eigenvalue weighted by atomic mass is 10.0. The van der Waals surface area contributed by atoms with Crippen molar-refractivity contribution < 1.29 is 27.9 Å². The molecule has 31 heavy (non-hydrogen) atoms. The third-order valence-corrected chi connectivity index (χ3v) is 4.76. The molecule has 0 spiro atoms. The Balaban J connectivity index is 2.10. The molecule has 0 bridgehead atoms. The first kappa shape index (κ1) is 22.2. The molecule has 3 rings (SSSR count). The molecule has 0 fully saturated rings. The number of amides is 2. The van der Waals surface area contributed by atoms with Gasteiger partial charge in [0.2, 0.25) is 0 Å². The Bertz CT molecular complexity index is 1130. The van der Waals surface area contributed by atoms with Gasteiger partial charge in [-0.05, 0) is 26.0 Å². The van der Waals surface area contributed by atoms with Crippen LogP contribution in [0.2, 0.25) is 0 Å². The van der Waals surface area contributed by atoms with Gasteiger partial charge in [-0.15, -0.1) is 11.3 Å². The predicted molar refractivity (Wildman–Crippen MR) is 108 cm³/mol. The lowest BCUT2D eigenvalue weighted by Crippen LogP contribution is -2.34. The van der Waals surface area contributed by atoms with E-state index < -0.39 is 23.9 Å². The highest BCUT2D eigenvalue weighted by molar-refractivity contribution is 7.13. The zero-order chi connectivity index (χ0) is 22.8. The first-order valence-corrected chi connectivity index (χ1v) is 9.72. The van der Waals surface area contributed by atoms with Crippen LogP contribution in [-0.2, 0) is 6.18 Å². The number of halogens is 3. The molecule has 0 aliphatic carbocycles. The minimum absolute atomic E-state index is 0.0257. The van der Waals surface area contributed by atoms with Crippen molar-refractivity contribution in [3.8, 4) is 21.7 Å². The molecule has 2 amide bonds. The summed E-state index contributed by atoms with van der Waals surface area (Å²) in [5.74, 6) is -1.12. The number of alkyl halides is 3. The summed E-state index contributed by atoms with van der Waals surface area (Å²) in [6, 6.07) is 2.02. The molecular weight excluding hydrogens is 435 g/mol. The molecule has 0 atom stereocenters. The average Bonchev–Trinajstić information content (AvgIpc) is 3.18. The lowest BCUT2D eigenvalue weighted by Gasteiger charge is -2.13. The lowest BCUT2D eigenvalue weighted by molar-refractivity contribution is -0.140. The smallest absolute Gasteiger partial charge is 0.434 e. The van der Waals surface area contributed by atoms with Crippen LogP contribution in [0.1, 0.15) is 29.9 Å². The number of aromatic carboxylic acids is 1. The van der Waals surface area contributed by atoms with E-state index in [2.05, 4.69) is 25.6 Å². The number of nitrogens with zero attached hydrogens (tertiary/aromatic N) is 3. The van der Waals surface area contributed by atoms with Crippen LogP contribution in [0.15, 0.2) is 36.1 Å². The van der Waals surface area contributed by atoms with Crippen molar-refractivity contribution in [1.29, 1.82) is 0 Å². The summed E-state index contributed by atoms with van der Waals surface area (Å²) >= 11 is 0.763. The number of pyridine rings is 2. The average molecular weight is 451 g/mol. The number of hydrogen-bond acceptors (Lipinski definition) is 6. The third-order valence-electron chi connectivity index (χ3n) is 3.89. The molecular formula is C19H16F3N5O3S. The van der Waals surface area contributed by atoms with Crippen molar-refractivity contribution in [1.82, 2.24) is 20.3 Å². The molecule has 12 heteroatoms. The van der Waals surface area contributed by atoms with Crippen LogP contribution in [-0.4, -0.2) is 38.1 Å². The SMILES string of the molecule is CC(C)NC(=O)Nc1cc(-c2nc(C(F)(F)F)cs2)c(-c2cncc(C(=O)O)c2)cn1. The van der Waals surface area contributed by atoms with E-state index in [9.17, 15) is 27.9 Å². The van der Waals surface area contributed by atoms with Crippen LogP contribution in [0.3, 0.4) is 0 Å². The van der Waals surface area contributed by atoms with Crippen LogP contribution in [0, 0.1) is 0 Å². The van der Waals surface area contributed by atoms with Crippen LogP contribution in [0.5, 0.6) is 0 Å². The normalized spacial score (nSPS) is 11.4. The van der Waals surface area contributed by atoms with Gasteiger partial charge in [-0.3, -0.25) is 10.3 Å². The molecule has 3 heterocycles. The molecule has 0 radical (unpaired) electrons. The maximum absolute atomic E-state index is 13.0. The van der Waals surface area contributed by atoms with Crippen LogP contribution < -0.4 is 10.6 Å². The van der Waals surface area contributed by atoms with E-state index in [0.717, 1.165) is 22.9 Å². The summed E-state index contributed by atoms with van der Waals surface area (Å²) in [6.45, 7) is 3.52. The minimum atomic E-state index is -4.62. The number of thiazole rings is 1. The van der Waals surface area contributed by atoms with Crippen molar-refractivity contribution in [2.75, 3.05) is 5.32 Å². The topological polar surface area (TPSA) is 117 Å². The fraction of sp³-hybridized carbons (Fsp3) is 0.211. The second-order valence-corrected chi connectivity index (χ2v) is 7.53. The zero-order valence-electron chi connectivity index (χ0n) is 16.2. The molecule has 0 aliphatic rings. The second kappa shape index (κ2) is 8.68. The number of carbonyl (C=O) groups excluding carboxylic acids is 1. The first-order valence-electron chi connectivity index (χ1n) is 8.84. The van der Waals surface area contributed by atoms with E-state index in [1.807, 2.05) is 0 Å². The Labute approximate surface area is 178 Å². The van der Waals surface area contributed by atoms with Crippen molar-refractivity contribution in [2.45, 2.75) is 26.1 Å². The highest BCUT2D eigenvalue weighted by Gasteiger charge is 2.34. The number of urea groups is 1. The molecule has 0 saturated heterocycles. The monoisotopic (exact) mass is 451 g/mol. The summed E-state index contributed by atoms with van der Waals surface area (Å²) in [5.41, 5.74) is -0.283. The molecule has 0 saturated carbocycles. The van der Waals surface area contributed by atoms with E-state index in [4.69, 9.17) is 0 Å². The minimum Gasteiger partial charge on any atom is -0.478 e. The summed E-state index contributed by atoms with van der Waals surface area (Å²) in [6.07, 6.45) is -0.789. The molecule has 0 unspecified atom stereocenters. The van der Waals surface area contributed by atoms with Gasteiger partial charge in [-0.25, -0.2) is 19.6 Å². The van der Waals surface area contributed by atoms with Crippen LogP contribution in [0.4, 0.5) is 23.8 Å². The Morgan fingerprint density at radius 2 is 1.87 bits per heavy atom. The van der Waals surface area contributed by atoms with Gasteiger partial charge < -0.3 is 10.4 Å². The summed E-state index contributed by atoms with van der Waals surface area (Å²) in [5, 5.41) is 15.2. The number of nitrogens with one attached hydrogen (secondary N) is 2. The zero-order valence-corrected chi connectivity index (χ0v) is 17.0. The Morgan fingerprint density at radius 3 is 2.48 bits per heavy atom. The third kappa shape index (κ3) is 5.34. The number of carbonyl (C=O) groups is 2. The maximum atomic E-state index is 13.0. The standard InChI is InChI=1S/C19H16F3N5O3S/c1-9(2)25-18(30)27-15-4-12(16-26-14(8-31-16)19(20,21)22)13(7-24-15)10-3-11(17(28)29)6-23-5-10/h3-9H,1-2H3,(H,28,29)(H2,24,25,27,30). The van der Waals surface area contributed by atoms with E-state index in [0.29, 0.717) is 11.1 Å². The van der Waals surface area contributed by atoms with Gasteiger partial charge in [0.05, 0.1) is 5.56 Å². The van der Waals surface area contributed by atoms with Gasteiger partial charge in [-0.2, -0.15) is 13.2 Å². The number of carboxylic acids is 1. The maximum Gasteiger partial charge on any atom is 0.434 e. The molecule has 162 valence electrons. The molecule has 3 aromatic rings. The van der Waals surface area contributed by atoms with Crippen molar-refractivity contribution in [2.24, 2.45) is 0 Å². The number of rotatable bonds is 5. The highest BCUT2D eigenvalue weighted by atomic mass is 32.1. The van der Waals surface area contributed by atoms with Gasteiger partial charge in [0, 0.05) is 46.7 Å². The van der Waals surface area contributed by atoms with E-state index in [1.165, 1.54) is 24.5 Å². The predicted octanol–water partition coefficient (Wildman–Crippen LogP) is 4.51. The van der Waals surface area contributed by atoms with E-state index in [1.54, 1.807) is 13.8 Å². The van der Waals surface area contributed by atoms with Crippen molar-refractivity contribution in [3.63, 3.8) is 0 Å². The van der Waals surface area contributed by atoms with Crippen LogP contribution >= 0.6 is 11.3 Å². The van der Waals surface area contributed by atoms with Gasteiger partial charge in [0.25, 0.3) is 0 Å². The van der Waals surface area contributed by atoms with E-state index in [-0.39, 0.29) is 28.0 Å². The number of carboxylic acid groups (broad SMARTS) is 1. The van der Waals surface area contributed by atoms with Gasteiger partial charge in [-0.1, -0.05) is 0 Å². The quantitative estimate of drug-likeness (QED) is 0.525. The Morgan fingerprint density at radius 1 is 1.13 bits per heavy atom. The summed E-state index contributed by atoms with van der Waals surface area (Å²) < 4.78 is 39.1. The fourth-order valence-corrected chi connectivity index (χ4v) is 3.43. The molecule has 0 aromatic carbocycles. The van der Waals surface area contributed by atoms with E-state index >= 15 is 0 Å². The van der Waals surface area contributed by atoms with Crippen molar-refractivity contribution in [3.05, 3.63) is 47.4 Å². The number of aromatic nitrogens is 3.